The number of nitrogens with zero attached hydrogens (tertiary/aromatic N) is 3. The minimum Gasteiger partial charge on any atom is -0.491 e. The Labute approximate surface area is 126 Å². The van der Waals surface area contributed by atoms with Gasteiger partial charge in [-0.2, -0.15) is 4.98 Å². The van der Waals surface area contributed by atoms with Crippen molar-refractivity contribution in [3.63, 3.8) is 0 Å². The molecule has 6 nitrogen and oxygen atoms in total. The lowest BCUT2D eigenvalue weighted by Crippen LogP contribution is -2.39. The molecular formula is C15H16FN3O3. The van der Waals surface area contributed by atoms with Gasteiger partial charge in [0.1, 0.15) is 18.2 Å². The Balaban J connectivity index is 1.63. The lowest BCUT2D eigenvalue weighted by Gasteiger charge is -2.23. The summed E-state index contributed by atoms with van der Waals surface area (Å²) < 4.78 is 23.3. The summed E-state index contributed by atoms with van der Waals surface area (Å²) in [5.41, 5.74) is 0. The van der Waals surface area contributed by atoms with E-state index in [9.17, 15) is 9.18 Å². The van der Waals surface area contributed by atoms with Gasteiger partial charge in [0.15, 0.2) is 0 Å². The molecular weight excluding hydrogens is 289 g/mol. The highest BCUT2D eigenvalue weighted by molar-refractivity contribution is 5.90. The third-order valence-corrected chi connectivity index (χ3v) is 3.61. The zero-order chi connectivity index (χ0) is 15.5. The highest BCUT2D eigenvalue weighted by Crippen LogP contribution is 2.21. The molecule has 1 fully saturated rings. The first-order chi connectivity index (χ1) is 10.6. The molecule has 116 valence electrons. The minimum atomic E-state index is -0.308. The molecule has 0 bridgehead atoms. The van der Waals surface area contributed by atoms with Crippen LogP contribution in [0.25, 0.3) is 0 Å². The van der Waals surface area contributed by atoms with Gasteiger partial charge in [-0.3, -0.25) is 4.79 Å². The van der Waals surface area contributed by atoms with Crippen LogP contribution >= 0.6 is 0 Å². The molecule has 1 aromatic carbocycles. The van der Waals surface area contributed by atoms with E-state index in [2.05, 4.69) is 10.1 Å². The molecule has 1 saturated heterocycles. The molecule has 0 unspecified atom stereocenters. The summed E-state index contributed by atoms with van der Waals surface area (Å²) in [6.45, 7) is 2.64. The smallest absolute Gasteiger partial charge is 0.295 e. The molecule has 1 aromatic heterocycles. The van der Waals surface area contributed by atoms with Crippen LogP contribution in [-0.4, -0.2) is 40.1 Å². The maximum atomic E-state index is 12.9. The molecule has 0 spiro atoms. The molecule has 0 radical (unpaired) electrons. The van der Waals surface area contributed by atoms with Crippen molar-refractivity contribution in [2.45, 2.75) is 25.8 Å². The number of aromatic nitrogens is 2. The molecule has 1 aliphatic rings. The van der Waals surface area contributed by atoms with Gasteiger partial charge in [0.05, 0.1) is 6.04 Å². The predicted molar refractivity (Wildman–Crippen MR) is 75.0 cm³/mol. The summed E-state index contributed by atoms with van der Waals surface area (Å²) in [6.07, 6.45) is 1.75. The fourth-order valence-electron chi connectivity index (χ4n) is 2.51. The molecule has 7 heteroatoms. The second kappa shape index (κ2) is 6.13. The van der Waals surface area contributed by atoms with Gasteiger partial charge in [0.25, 0.3) is 11.7 Å². The summed E-state index contributed by atoms with van der Waals surface area (Å²) >= 11 is 0. The van der Waals surface area contributed by atoms with Crippen molar-refractivity contribution in [1.29, 1.82) is 0 Å². The number of carbonyl (C=O) groups excluding carboxylic acids is 1. The van der Waals surface area contributed by atoms with Crippen LogP contribution < -0.4 is 4.74 Å². The molecule has 0 aliphatic carbocycles. The Morgan fingerprint density at radius 3 is 2.91 bits per heavy atom. The van der Waals surface area contributed by atoms with E-state index in [1.807, 2.05) is 0 Å². The number of hydrogen-bond donors (Lipinski definition) is 0. The van der Waals surface area contributed by atoms with Gasteiger partial charge in [0.2, 0.25) is 5.89 Å². The number of amides is 1. The van der Waals surface area contributed by atoms with E-state index in [4.69, 9.17) is 9.26 Å². The first kappa shape index (κ1) is 14.5. The van der Waals surface area contributed by atoms with Gasteiger partial charge < -0.3 is 14.2 Å². The molecule has 1 atom stereocenters. The Bertz CT molecular complexity index is 656. The second-order valence-electron chi connectivity index (χ2n) is 5.20. The molecule has 1 aliphatic heterocycles. The number of carbonyl (C=O) groups is 1. The zero-order valence-electron chi connectivity index (χ0n) is 12.2. The lowest BCUT2D eigenvalue weighted by molar-refractivity contribution is 0.0676. The van der Waals surface area contributed by atoms with Crippen molar-refractivity contribution in [2.75, 3.05) is 13.2 Å². The van der Waals surface area contributed by atoms with Gasteiger partial charge in [0, 0.05) is 13.5 Å². The highest BCUT2D eigenvalue weighted by Gasteiger charge is 2.32. The Morgan fingerprint density at radius 1 is 1.45 bits per heavy atom. The summed E-state index contributed by atoms with van der Waals surface area (Å²) in [6, 6.07) is 5.78. The number of likely N-dealkylation sites (tertiary alicyclic amines) is 1. The van der Waals surface area contributed by atoms with E-state index in [1.54, 1.807) is 24.0 Å². The molecule has 2 aromatic rings. The number of hydrogen-bond acceptors (Lipinski definition) is 5. The average Bonchev–Trinajstić information content (AvgIpc) is 3.15. The van der Waals surface area contributed by atoms with Crippen LogP contribution in [-0.2, 0) is 0 Å². The second-order valence-corrected chi connectivity index (χ2v) is 5.20. The maximum absolute atomic E-state index is 12.9. The Kier molecular flexibility index (Phi) is 4.04. The van der Waals surface area contributed by atoms with Crippen molar-refractivity contribution in [3.05, 3.63) is 41.8 Å². The van der Waals surface area contributed by atoms with E-state index in [0.29, 0.717) is 24.8 Å². The topological polar surface area (TPSA) is 68.5 Å². The highest BCUT2D eigenvalue weighted by atomic mass is 19.1. The summed E-state index contributed by atoms with van der Waals surface area (Å²) in [4.78, 5) is 18.0. The first-order valence-corrected chi connectivity index (χ1v) is 7.13. The van der Waals surface area contributed by atoms with Gasteiger partial charge in [-0.1, -0.05) is 5.16 Å². The monoisotopic (exact) mass is 305 g/mol. The summed E-state index contributed by atoms with van der Waals surface area (Å²) in [5, 5.41) is 3.66. The largest absolute Gasteiger partial charge is 0.491 e. The van der Waals surface area contributed by atoms with Crippen LogP contribution in [0.2, 0.25) is 0 Å². The van der Waals surface area contributed by atoms with Crippen molar-refractivity contribution in [3.8, 4) is 5.75 Å². The van der Waals surface area contributed by atoms with Crippen LogP contribution in [0.5, 0.6) is 5.75 Å². The summed E-state index contributed by atoms with van der Waals surface area (Å²) in [5.74, 6) is 0.462. The number of aryl methyl sites for hydroxylation is 1. The van der Waals surface area contributed by atoms with Crippen LogP contribution in [0.1, 0.15) is 29.4 Å². The third kappa shape index (κ3) is 3.08. The number of benzene rings is 1. The third-order valence-electron chi connectivity index (χ3n) is 3.61. The minimum absolute atomic E-state index is 0.0450. The van der Waals surface area contributed by atoms with Crippen molar-refractivity contribution in [2.24, 2.45) is 0 Å². The van der Waals surface area contributed by atoms with Gasteiger partial charge in [-0.05, 0) is 37.1 Å². The van der Waals surface area contributed by atoms with Crippen LogP contribution in [0.4, 0.5) is 4.39 Å². The van der Waals surface area contributed by atoms with Crippen molar-refractivity contribution < 1.29 is 18.4 Å². The van der Waals surface area contributed by atoms with Gasteiger partial charge >= 0.3 is 0 Å². The molecule has 0 N–H and O–H groups in total. The SMILES string of the molecule is Cc1nc(C(=O)N2CCC[C@H]2COc2ccc(F)cc2)no1. The molecule has 3 rings (SSSR count). The van der Waals surface area contributed by atoms with Crippen molar-refractivity contribution >= 4 is 5.91 Å². The zero-order valence-corrected chi connectivity index (χ0v) is 12.2. The lowest BCUT2D eigenvalue weighted by atomic mass is 10.2. The van der Waals surface area contributed by atoms with Crippen LogP contribution in [0.15, 0.2) is 28.8 Å². The Hall–Kier alpha value is -2.44. The van der Waals surface area contributed by atoms with Crippen LogP contribution in [0.3, 0.4) is 0 Å². The Morgan fingerprint density at radius 2 is 2.23 bits per heavy atom. The predicted octanol–water partition coefficient (Wildman–Crippen LogP) is 2.20. The van der Waals surface area contributed by atoms with Crippen molar-refractivity contribution in [1.82, 2.24) is 15.0 Å². The normalized spacial score (nSPS) is 17.7. The molecule has 1 amide bonds. The average molecular weight is 305 g/mol. The van der Waals surface area contributed by atoms with E-state index in [0.717, 1.165) is 12.8 Å². The summed E-state index contributed by atoms with van der Waals surface area (Å²) in [7, 11) is 0. The van der Waals surface area contributed by atoms with Gasteiger partial charge in [-0.15, -0.1) is 0 Å². The molecule has 0 saturated carbocycles. The molecule has 22 heavy (non-hydrogen) atoms. The van der Waals surface area contributed by atoms with E-state index >= 15 is 0 Å². The number of ether oxygens (including phenoxy) is 1. The first-order valence-electron chi connectivity index (χ1n) is 7.13. The quantitative estimate of drug-likeness (QED) is 0.866. The van der Waals surface area contributed by atoms with E-state index in [-0.39, 0.29) is 23.6 Å². The fraction of sp³-hybridized carbons (Fsp3) is 0.400. The van der Waals surface area contributed by atoms with Gasteiger partial charge in [-0.25, -0.2) is 4.39 Å². The molecule has 2 heterocycles. The standard InChI is InChI=1S/C15H16FN3O3/c1-10-17-14(18-22-10)15(20)19-8-2-3-12(19)9-21-13-6-4-11(16)5-7-13/h4-7,12H,2-3,8-9H2,1H3/t12-/m0/s1. The number of halogens is 1. The van der Waals surface area contributed by atoms with E-state index < -0.39 is 0 Å². The fourth-order valence-corrected chi connectivity index (χ4v) is 2.51. The van der Waals surface area contributed by atoms with E-state index in [1.165, 1.54) is 12.1 Å². The number of rotatable bonds is 4. The maximum Gasteiger partial charge on any atom is 0.295 e. The van der Waals surface area contributed by atoms with Crippen LogP contribution in [0, 0.1) is 12.7 Å².